The first-order valence-corrected chi connectivity index (χ1v) is 10.00. The van der Waals surface area contributed by atoms with Crippen molar-refractivity contribution in [1.29, 1.82) is 0 Å². The minimum Gasteiger partial charge on any atom is -0.321 e. The number of hydrogen-bond acceptors (Lipinski definition) is 7. The number of anilines is 1. The SMILES string of the molecule is CC(C)c1ccc(NC(=O)c2cc([N+](=O)[O-])ccc2Sc2nnnn2C)c(C(F)(F)F)c1. The summed E-state index contributed by atoms with van der Waals surface area (Å²) in [5.41, 5.74) is -1.57. The third-order valence-electron chi connectivity index (χ3n) is 4.46. The fourth-order valence-electron chi connectivity index (χ4n) is 2.76. The van der Waals surface area contributed by atoms with Crippen LogP contribution in [0.1, 0.15) is 41.3 Å². The maximum atomic E-state index is 13.6. The number of nitrogens with one attached hydrogen (secondary N) is 1. The van der Waals surface area contributed by atoms with Gasteiger partial charge in [-0.3, -0.25) is 14.9 Å². The molecule has 0 spiro atoms. The Bertz CT molecular complexity index is 1180. The molecule has 1 aromatic heterocycles. The van der Waals surface area contributed by atoms with Crippen LogP contribution in [0.4, 0.5) is 24.5 Å². The van der Waals surface area contributed by atoms with Crippen LogP contribution in [0.2, 0.25) is 0 Å². The predicted molar refractivity (Wildman–Crippen MR) is 110 cm³/mol. The first kappa shape index (κ1) is 23.2. The van der Waals surface area contributed by atoms with E-state index in [4.69, 9.17) is 0 Å². The van der Waals surface area contributed by atoms with E-state index in [9.17, 15) is 28.1 Å². The van der Waals surface area contributed by atoms with Gasteiger partial charge in [-0.1, -0.05) is 19.9 Å². The molecule has 3 aromatic rings. The summed E-state index contributed by atoms with van der Waals surface area (Å²) >= 11 is 0.944. The number of tetrazole rings is 1. The van der Waals surface area contributed by atoms with Crippen LogP contribution in [0.5, 0.6) is 0 Å². The van der Waals surface area contributed by atoms with Gasteiger partial charge in [-0.15, -0.1) is 5.10 Å². The summed E-state index contributed by atoms with van der Waals surface area (Å²) in [6.07, 6.45) is -4.71. The van der Waals surface area contributed by atoms with Crippen LogP contribution in [0.3, 0.4) is 0 Å². The van der Waals surface area contributed by atoms with Crippen LogP contribution >= 0.6 is 11.8 Å². The lowest BCUT2D eigenvalue weighted by Gasteiger charge is -2.17. The number of nitrogens with zero attached hydrogens (tertiary/aromatic N) is 5. The van der Waals surface area contributed by atoms with E-state index in [0.29, 0.717) is 5.56 Å². The largest absolute Gasteiger partial charge is 0.418 e. The first-order valence-electron chi connectivity index (χ1n) is 9.18. The van der Waals surface area contributed by atoms with Crippen LogP contribution < -0.4 is 5.32 Å². The van der Waals surface area contributed by atoms with Crippen molar-refractivity contribution in [3.63, 3.8) is 0 Å². The molecule has 0 radical (unpaired) electrons. The van der Waals surface area contributed by atoms with Crippen molar-refractivity contribution in [2.45, 2.75) is 36.0 Å². The highest BCUT2D eigenvalue weighted by molar-refractivity contribution is 7.99. The minimum atomic E-state index is -4.71. The summed E-state index contributed by atoms with van der Waals surface area (Å²) in [4.78, 5) is 23.7. The van der Waals surface area contributed by atoms with Crippen LogP contribution in [0.25, 0.3) is 0 Å². The second-order valence-corrected chi connectivity index (χ2v) is 8.05. The fraction of sp³-hybridized carbons (Fsp3) is 0.263. The Hall–Kier alpha value is -3.48. The number of carbonyl (C=O) groups excluding carboxylic acids is 1. The van der Waals surface area contributed by atoms with E-state index in [0.717, 1.165) is 23.9 Å². The number of nitro benzene ring substituents is 1. The van der Waals surface area contributed by atoms with Gasteiger partial charge in [0.15, 0.2) is 0 Å². The number of aromatic nitrogens is 4. The lowest BCUT2D eigenvalue weighted by Crippen LogP contribution is -2.18. The van der Waals surface area contributed by atoms with Gasteiger partial charge in [0.05, 0.1) is 21.7 Å². The van der Waals surface area contributed by atoms with E-state index in [1.165, 1.54) is 28.9 Å². The molecule has 0 aliphatic carbocycles. The lowest BCUT2D eigenvalue weighted by molar-refractivity contribution is -0.384. The Kier molecular flexibility index (Phi) is 6.48. The summed E-state index contributed by atoms with van der Waals surface area (Å²) in [6.45, 7) is 3.50. The number of amides is 1. The maximum Gasteiger partial charge on any atom is 0.418 e. The Morgan fingerprint density at radius 3 is 2.50 bits per heavy atom. The van der Waals surface area contributed by atoms with Gasteiger partial charge in [-0.25, -0.2) is 4.68 Å². The molecule has 1 amide bonds. The molecule has 0 aliphatic heterocycles. The molecule has 0 unspecified atom stereocenters. The molecule has 0 atom stereocenters. The van der Waals surface area contributed by atoms with Gasteiger partial charge in [0, 0.05) is 24.1 Å². The summed E-state index contributed by atoms with van der Waals surface area (Å²) in [5.74, 6) is -1.09. The zero-order chi connectivity index (χ0) is 23.6. The van der Waals surface area contributed by atoms with Crippen LogP contribution in [0, 0.1) is 10.1 Å². The number of rotatable bonds is 6. The van der Waals surface area contributed by atoms with Gasteiger partial charge in [0.25, 0.3) is 11.6 Å². The molecule has 0 bridgehead atoms. The van der Waals surface area contributed by atoms with Gasteiger partial charge >= 0.3 is 6.18 Å². The standard InChI is InChI=1S/C19H17F3N6O3S/c1-10(2)11-4-6-15(14(8-11)19(20,21)22)23-17(29)13-9-12(28(30)31)5-7-16(13)32-18-24-25-26-27(18)3/h4-10H,1-3H3,(H,23,29). The number of carbonyl (C=O) groups is 1. The normalized spacial score (nSPS) is 11.6. The first-order chi connectivity index (χ1) is 15.0. The summed E-state index contributed by atoms with van der Waals surface area (Å²) < 4.78 is 42.2. The third kappa shape index (κ3) is 5.04. The van der Waals surface area contributed by atoms with E-state index >= 15 is 0 Å². The number of aryl methyl sites for hydroxylation is 1. The van der Waals surface area contributed by atoms with Crippen molar-refractivity contribution in [2.24, 2.45) is 7.05 Å². The fourth-order valence-corrected chi connectivity index (χ4v) is 3.60. The number of halogens is 3. The molecule has 13 heteroatoms. The molecular weight excluding hydrogens is 449 g/mol. The number of nitro groups is 1. The van der Waals surface area contributed by atoms with E-state index in [2.05, 4.69) is 20.8 Å². The number of alkyl halides is 3. The predicted octanol–water partition coefficient (Wildman–Crippen LogP) is 4.66. The molecule has 2 aromatic carbocycles. The highest BCUT2D eigenvalue weighted by Crippen LogP contribution is 2.38. The van der Waals surface area contributed by atoms with E-state index < -0.39 is 28.3 Å². The van der Waals surface area contributed by atoms with Crippen LogP contribution in [-0.4, -0.2) is 31.0 Å². The Morgan fingerprint density at radius 1 is 1.22 bits per heavy atom. The van der Waals surface area contributed by atoms with Crippen molar-refractivity contribution < 1.29 is 22.9 Å². The van der Waals surface area contributed by atoms with Gasteiger partial charge in [0.2, 0.25) is 5.16 Å². The highest BCUT2D eigenvalue weighted by Gasteiger charge is 2.35. The molecule has 32 heavy (non-hydrogen) atoms. The summed E-state index contributed by atoms with van der Waals surface area (Å²) in [7, 11) is 1.55. The minimum absolute atomic E-state index is 0.152. The van der Waals surface area contributed by atoms with E-state index in [1.54, 1.807) is 20.9 Å². The monoisotopic (exact) mass is 466 g/mol. The average molecular weight is 466 g/mol. The molecule has 1 heterocycles. The number of benzene rings is 2. The van der Waals surface area contributed by atoms with E-state index in [-0.39, 0.29) is 27.2 Å². The van der Waals surface area contributed by atoms with Crippen LogP contribution in [0.15, 0.2) is 46.5 Å². The Morgan fingerprint density at radius 2 is 1.94 bits per heavy atom. The van der Waals surface area contributed by atoms with Gasteiger partial charge < -0.3 is 5.32 Å². The van der Waals surface area contributed by atoms with Gasteiger partial charge in [-0.05, 0) is 51.9 Å². The molecule has 9 nitrogen and oxygen atoms in total. The van der Waals surface area contributed by atoms with Crippen molar-refractivity contribution in [1.82, 2.24) is 20.2 Å². The van der Waals surface area contributed by atoms with Crippen molar-refractivity contribution >= 4 is 29.0 Å². The molecular formula is C19H17F3N6O3S. The second-order valence-electron chi connectivity index (χ2n) is 7.04. The zero-order valence-electron chi connectivity index (χ0n) is 17.0. The molecule has 168 valence electrons. The average Bonchev–Trinajstić information content (AvgIpc) is 3.11. The smallest absolute Gasteiger partial charge is 0.321 e. The van der Waals surface area contributed by atoms with Gasteiger partial charge in [0.1, 0.15) is 0 Å². The van der Waals surface area contributed by atoms with Crippen molar-refractivity contribution in [2.75, 3.05) is 5.32 Å². The molecule has 0 fully saturated rings. The molecule has 0 aliphatic rings. The number of non-ortho nitro benzene ring substituents is 1. The Labute approximate surface area is 184 Å². The molecule has 1 N–H and O–H groups in total. The second kappa shape index (κ2) is 8.94. The Balaban J connectivity index is 2.02. The van der Waals surface area contributed by atoms with Crippen LogP contribution in [-0.2, 0) is 13.2 Å². The highest BCUT2D eigenvalue weighted by atomic mass is 32.2. The van der Waals surface area contributed by atoms with Crippen molar-refractivity contribution in [3.05, 3.63) is 63.2 Å². The summed E-state index contributed by atoms with van der Waals surface area (Å²) in [5, 5.41) is 24.6. The molecule has 0 saturated heterocycles. The summed E-state index contributed by atoms with van der Waals surface area (Å²) in [6, 6.07) is 7.14. The lowest BCUT2D eigenvalue weighted by atomic mass is 9.99. The van der Waals surface area contributed by atoms with E-state index in [1.807, 2.05) is 0 Å². The maximum absolute atomic E-state index is 13.6. The quantitative estimate of drug-likeness (QED) is 0.415. The topological polar surface area (TPSA) is 116 Å². The van der Waals surface area contributed by atoms with Gasteiger partial charge in [-0.2, -0.15) is 13.2 Å². The molecule has 0 saturated carbocycles. The zero-order valence-corrected chi connectivity index (χ0v) is 17.9. The van der Waals surface area contributed by atoms with Crippen molar-refractivity contribution in [3.8, 4) is 0 Å². The molecule has 3 rings (SSSR count). The number of hydrogen-bond donors (Lipinski definition) is 1. The third-order valence-corrected chi connectivity index (χ3v) is 5.57.